The van der Waals surface area contributed by atoms with Gasteiger partial charge in [0.25, 0.3) is 0 Å². The average molecular weight is 278 g/mol. The predicted molar refractivity (Wildman–Crippen MR) is 76.4 cm³/mol. The van der Waals surface area contributed by atoms with E-state index in [9.17, 15) is 8.78 Å². The minimum atomic E-state index is -0.544. The highest BCUT2D eigenvalue weighted by Gasteiger charge is 2.07. The Balaban J connectivity index is 2.04. The summed E-state index contributed by atoms with van der Waals surface area (Å²) in [6, 6.07) is 7.66. The number of hydrogen-bond donors (Lipinski definition) is 1. The van der Waals surface area contributed by atoms with Gasteiger partial charge in [-0.15, -0.1) is 0 Å². The van der Waals surface area contributed by atoms with Gasteiger partial charge in [0.05, 0.1) is 6.54 Å². The monoisotopic (exact) mass is 278 g/mol. The molecule has 20 heavy (non-hydrogen) atoms. The van der Waals surface area contributed by atoms with Crippen molar-refractivity contribution < 1.29 is 8.78 Å². The molecule has 0 atom stereocenters. The van der Waals surface area contributed by atoms with E-state index in [4.69, 9.17) is 0 Å². The van der Waals surface area contributed by atoms with E-state index in [1.54, 1.807) is 0 Å². The highest BCUT2D eigenvalue weighted by molar-refractivity contribution is 5.20. The zero-order valence-electron chi connectivity index (χ0n) is 11.9. The molecule has 0 spiro atoms. The minimum absolute atomic E-state index is 0.414. The summed E-state index contributed by atoms with van der Waals surface area (Å²) in [5.74, 6) is -0.453. The summed E-state index contributed by atoms with van der Waals surface area (Å²) in [5, 5.41) is 3.36. The fraction of sp³-hybridized carbons (Fsp3) is 0.375. The molecule has 4 heteroatoms. The predicted octanol–water partition coefficient (Wildman–Crippen LogP) is 3.56. The Morgan fingerprint density at radius 2 is 2.00 bits per heavy atom. The van der Waals surface area contributed by atoms with Gasteiger partial charge in [-0.2, -0.15) is 0 Å². The first kappa shape index (κ1) is 14.7. The number of rotatable bonds is 6. The summed E-state index contributed by atoms with van der Waals surface area (Å²) >= 11 is 0. The summed E-state index contributed by atoms with van der Waals surface area (Å²) in [6.45, 7) is 6.40. The third kappa shape index (κ3) is 3.90. The third-order valence-corrected chi connectivity index (χ3v) is 3.14. The van der Waals surface area contributed by atoms with E-state index < -0.39 is 11.6 Å². The highest BCUT2D eigenvalue weighted by atomic mass is 19.1. The molecular formula is C16H20F2N2. The standard InChI is InChI=1S/C16H20F2N2/c1-12(2)9-19-10-15-4-3-7-20(15)11-13-5-6-14(17)8-16(13)18/h3-8,12,19H,9-11H2,1-2H3. The quantitative estimate of drug-likeness (QED) is 0.855. The highest BCUT2D eigenvalue weighted by Crippen LogP contribution is 2.13. The molecule has 0 bridgehead atoms. The van der Waals surface area contributed by atoms with Crippen molar-refractivity contribution in [3.63, 3.8) is 0 Å². The molecule has 2 nitrogen and oxygen atoms in total. The van der Waals surface area contributed by atoms with Crippen LogP contribution in [0.15, 0.2) is 36.5 Å². The van der Waals surface area contributed by atoms with Crippen molar-refractivity contribution in [3.8, 4) is 0 Å². The first-order valence-electron chi connectivity index (χ1n) is 6.85. The van der Waals surface area contributed by atoms with E-state index >= 15 is 0 Å². The Morgan fingerprint density at radius 1 is 1.20 bits per heavy atom. The maximum Gasteiger partial charge on any atom is 0.131 e. The SMILES string of the molecule is CC(C)CNCc1cccn1Cc1ccc(F)cc1F. The lowest BCUT2D eigenvalue weighted by atomic mass is 10.2. The zero-order valence-corrected chi connectivity index (χ0v) is 11.9. The van der Waals surface area contributed by atoms with Crippen molar-refractivity contribution in [2.24, 2.45) is 5.92 Å². The molecule has 2 aromatic rings. The van der Waals surface area contributed by atoms with Crippen LogP contribution in [0.25, 0.3) is 0 Å². The van der Waals surface area contributed by atoms with Crippen LogP contribution in [0.2, 0.25) is 0 Å². The van der Waals surface area contributed by atoms with Crippen molar-refractivity contribution in [2.45, 2.75) is 26.9 Å². The van der Waals surface area contributed by atoms with Gasteiger partial charge in [0, 0.05) is 30.1 Å². The molecular weight excluding hydrogens is 258 g/mol. The molecule has 1 aromatic heterocycles. The maximum absolute atomic E-state index is 13.7. The molecule has 0 aliphatic heterocycles. The van der Waals surface area contributed by atoms with Gasteiger partial charge >= 0.3 is 0 Å². The lowest BCUT2D eigenvalue weighted by molar-refractivity contribution is 0.534. The van der Waals surface area contributed by atoms with Gasteiger partial charge in [-0.05, 0) is 30.7 Å². The van der Waals surface area contributed by atoms with Gasteiger partial charge in [0.2, 0.25) is 0 Å². The Labute approximate surface area is 118 Å². The average Bonchev–Trinajstić information content (AvgIpc) is 2.80. The molecule has 0 aliphatic carbocycles. The van der Waals surface area contributed by atoms with Gasteiger partial charge in [-0.25, -0.2) is 8.78 Å². The molecule has 1 N–H and O–H groups in total. The molecule has 0 radical (unpaired) electrons. The van der Waals surface area contributed by atoms with Crippen molar-refractivity contribution >= 4 is 0 Å². The van der Waals surface area contributed by atoms with Crippen molar-refractivity contribution in [3.05, 3.63) is 59.4 Å². The number of benzene rings is 1. The zero-order chi connectivity index (χ0) is 14.5. The van der Waals surface area contributed by atoms with E-state index in [-0.39, 0.29) is 0 Å². The van der Waals surface area contributed by atoms with Gasteiger partial charge in [0.1, 0.15) is 11.6 Å². The Bertz CT molecular complexity index is 561. The Kier molecular flexibility index (Phi) is 4.90. The van der Waals surface area contributed by atoms with E-state index in [0.29, 0.717) is 18.0 Å². The van der Waals surface area contributed by atoms with Crippen molar-refractivity contribution in [1.82, 2.24) is 9.88 Å². The second-order valence-electron chi connectivity index (χ2n) is 5.39. The number of aromatic nitrogens is 1. The fourth-order valence-electron chi connectivity index (χ4n) is 2.09. The first-order valence-corrected chi connectivity index (χ1v) is 6.85. The lowest BCUT2D eigenvalue weighted by Gasteiger charge is -2.12. The largest absolute Gasteiger partial charge is 0.346 e. The summed E-state index contributed by atoms with van der Waals surface area (Å²) in [5.41, 5.74) is 1.59. The van der Waals surface area contributed by atoms with Crippen LogP contribution >= 0.6 is 0 Å². The van der Waals surface area contributed by atoms with E-state index in [1.807, 2.05) is 22.9 Å². The number of nitrogens with zero attached hydrogens (tertiary/aromatic N) is 1. The summed E-state index contributed by atoms with van der Waals surface area (Å²) in [4.78, 5) is 0. The van der Waals surface area contributed by atoms with E-state index in [2.05, 4.69) is 19.2 Å². The van der Waals surface area contributed by atoms with Gasteiger partial charge in [-0.1, -0.05) is 19.9 Å². The van der Waals surface area contributed by atoms with Crippen LogP contribution in [-0.2, 0) is 13.1 Å². The normalized spacial score (nSPS) is 11.2. The molecule has 1 aromatic carbocycles. The topological polar surface area (TPSA) is 17.0 Å². The molecule has 0 aliphatic rings. The van der Waals surface area contributed by atoms with E-state index in [0.717, 1.165) is 24.8 Å². The number of halogens is 2. The third-order valence-electron chi connectivity index (χ3n) is 3.14. The molecule has 0 unspecified atom stereocenters. The number of nitrogens with one attached hydrogen (secondary N) is 1. The second kappa shape index (κ2) is 6.66. The van der Waals surface area contributed by atoms with Crippen LogP contribution in [0.1, 0.15) is 25.1 Å². The number of hydrogen-bond acceptors (Lipinski definition) is 1. The molecule has 0 saturated carbocycles. The molecule has 0 fully saturated rings. The van der Waals surface area contributed by atoms with Crippen LogP contribution in [-0.4, -0.2) is 11.1 Å². The van der Waals surface area contributed by atoms with Gasteiger partial charge in [-0.3, -0.25) is 0 Å². The van der Waals surface area contributed by atoms with Crippen LogP contribution in [0.4, 0.5) is 8.78 Å². The molecule has 0 saturated heterocycles. The lowest BCUT2D eigenvalue weighted by Crippen LogP contribution is -2.21. The molecule has 108 valence electrons. The second-order valence-corrected chi connectivity index (χ2v) is 5.39. The van der Waals surface area contributed by atoms with Crippen molar-refractivity contribution in [1.29, 1.82) is 0 Å². The smallest absolute Gasteiger partial charge is 0.131 e. The van der Waals surface area contributed by atoms with Gasteiger partial charge < -0.3 is 9.88 Å². The molecule has 1 heterocycles. The van der Waals surface area contributed by atoms with E-state index in [1.165, 1.54) is 12.1 Å². The van der Waals surface area contributed by atoms with Crippen LogP contribution in [0, 0.1) is 17.6 Å². The van der Waals surface area contributed by atoms with Crippen LogP contribution < -0.4 is 5.32 Å². The van der Waals surface area contributed by atoms with Crippen LogP contribution in [0.3, 0.4) is 0 Å². The van der Waals surface area contributed by atoms with Crippen LogP contribution in [0.5, 0.6) is 0 Å². The Hall–Kier alpha value is -1.68. The van der Waals surface area contributed by atoms with Gasteiger partial charge in [0.15, 0.2) is 0 Å². The van der Waals surface area contributed by atoms with Crippen molar-refractivity contribution in [2.75, 3.05) is 6.54 Å². The summed E-state index contributed by atoms with van der Waals surface area (Å²) < 4.78 is 28.5. The Morgan fingerprint density at radius 3 is 2.70 bits per heavy atom. The fourth-order valence-corrected chi connectivity index (χ4v) is 2.09. The minimum Gasteiger partial charge on any atom is -0.346 e. The molecule has 2 rings (SSSR count). The summed E-state index contributed by atoms with van der Waals surface area (Å²) in [6.07, 6.45) is 1.91. The first-order chi connectivity index (χ1) is 9.56. The molecule has 0 amide bonds. The maximum atomic E-state index is 13.7. The summed E-state index contributed by atoms with van der Waals surface area (Å²) in [7, 11) is 0.